The summed E-state index contributed by atoms with van der Waals surface area (Å²) < 4.78 is 0. The maximum absolute atomic E-state index is 11.4. The Morgan fingerprint density at radius 1 is 1.56 bits per heavy atom. The molecule has 0 spiro atoms. The average Bonchev–Trinajstić information content (AvgIpc) is 2.33. The minimum Gasteiger partial charge on any atom is -0.384 e. The molecule has 0 aromatic heterocycles. The molecule has 1 aromatic rings. The number of nitrogens with one attached hydrogen (secondary N) is 2. The number of carbonyl (C=O) groups is 1. The van der Waals surface area contributed by atoms with Crippen LogP contribution in [-0.4, -0.2) is 24.0 Å². The van der Waals surface area contributed by atoms with Gasteiger partial charge in [0.05, 0.1) is 10.8 Å². The van der Waals surface area contributed by atoms with Gasteiger partial charge in [-0.05, 0) is 24.6 Å². The Kier molecular flexibility index (Phi) is 6.01. The molecule has 0 fully saturated rings. The second-order valence-electron chi connectivity index (χ2n) is 3.69. The van der Waals surface area contributed by atoms with Crippen LogP contribution in [0.2, 0.25) is 5.02 Å². The highest BCUT2D eigenvalue weighted by atomic mass is 35.5. The Bertz CT molecular complexity index is 451. The van der Waals surface area contributed by atoms with Crippen LogP contribution in [0.25, 0.3) is 0 Å². The third-order valence-corrected chi connectivity index (χ3v) is 3.48. The lowest BCUT2D eigenvalue weighted by Gasteiger charge is -2.06. The van der Waals surface area contributed by atoms with E-state index in [2.05, 4.69) is 5.32 Å². The first kappa shape index (κ1) is 14.9. The molecule has 0 saturated heterocycles. The SMILES string of the molecule is CCCNC(=O)CSc1ccc(C(=N)N)c(Cl)c1. The summed E-state index contributed by atoms with van der Waals surface area (Å²) in [6, 6.07) is 5.22. The molecule has 0 aliphatic rings. The molecule has 0 aliphatic carbocycles. The Labute approximate surface area is 116 Å². The van der Waals surface area contributed by atoms with Crippen molar-refractivity contribution in [1.29, 1.82) is 5.41 Å². The Morgan fingerprint density at radius 2 is 2.28 bits per heavy atom. The first-order valence-corrected chi connectivity index (χ1v) is 6.94. The molecule has 0 heterocycles. The maximum Gasteiger partial charge on any atom is 0.230 e. The van der Waals surface area contributed by atoms with Gasteiger partial charge in [0.15, 0.2) is 0 Å². The van der Waals surface area contributed by atoms with E-state index in [4.69, 9.17) is 22.7 Å². The monoisotopic (exact) mass is 285 g/mol. The summed E-state index contributed by atoms with van der Waals surface area (Å²) in [4.78, 5) is 12.3. The van der Waals surface area contributed by atoms with E-state index < -0.39 is 0 Å². The van der Waals surface area contributed by atoms with Crippen molar-refractivity contribution < 1.29 is 4.79 Å². The third-order valence-electron chi connectivity index (χ3n) is 2.17. The van der Waals surface area contributed by atoms with Gasteiger partial charge >= 0.3 is 0 Å². The normalized spacial score (nSPS) is 10.1. The summed E-state index contributed by atoms with van der Waals surface area (Å²) in [7, 11) is 0. The van der Waals surface area contributed by atoms with Crippen LogP contribution in [0.15, 0.2) is 23.1 Å². The van der Waals surface area contributed by atoms with Crippen molar-refractivity contribution in [3.8, 4) is 0 Å². The predicted octanol–water partition coefficient (Wildman–Crippen LogP) is 2.24. The third kappa shape index (κ3) is 4.58. The topological polar surface area (TPSA) is 79.0 Å². The fourth-order valence-corrected chi connectivity index (χ4v) is 2.38. The number of nitrogen functional groups attached to an aromatic ring is 1. The largest absolute Gasteiger partial charge is 0.384 e. The Hall–Kier alpha value is -1.20. The molecule has 0 aliphatic heterocycles. The van der Waals surface area contributed by atoms with E-state index >= 15 is 0 Å². The molecule has 18 heavy (non-hydrogen) atoms. The standard InChI is InChI=1S/C12H16ClN3OS/c1-2-5-16-11(17)7-18-8-3-4-9(12(14)15)10(13)6-8/h3-4,6H,2,5,7H2,1H3,(H3,14,15)(H,16,17). The van der Waals surface area contributed by atoms with Crippen LogP contribution in [0, 0.1) is 5.41 Å². The summed E-state index contributed by atoms with van der Waals surface area (Å²) >= 11 is 7.39. The van der Waals surface area contributed by atoms with Gasteiger partial charge in [-0.1, -0.05) is 18.5 Å². The molecule has 0 radical (unpaired) electrons. The van der Waals surface area contributed by atoms with E-state index in [1.54, 1.807) is 18.2 Å². The highest BCUT2D eigenvalue weighted by Crippen LogP contribution is 2.24. The van der Waals surface area contributed by atoms with Gasteiger partial charge in [-0.2, -0.15) is 0 Å². The highest BCUT2D eigenvalue weighted by Gasteiger charge is 2.06. The van der Waals surface area contributed by atoms with Crippen LogP contribution in [0.5, 0.6) is 0 Å². The number of nitrogens with two attached hydrogens (primary N) is 1. The Morgan fingerprint density at radius 3 is 2.83 bits per heavy atom. The number of carbonyl (C=O) groups excluding carboxylic acids is 1. The van der Waals surface area contributed by atoms with Gasteiger partial charge in [-0.25, -0.2) is 0 Å². The lowest BCUT2D eigenvalue weighted by molar-refractivity contribution is -0.118. The van der Waals surface area contributed by atoms with E-state index in [9.17, 15) is 4.79 Å². The van der Waals surface area contributed by atoms with Crippen LogP contribution < -0.4 is 11.1 Å². The number of rotatable bonds is 6. The Balaban J connectivity index is 2.56. The zero-order valence-electron chi connectivity index (χ0n) is 10.1. The number of amides is 1. The van der Waals surface area contributed by atoms with Crippen LogP contribution in [-0.2, 0) is 4.79 Å². The molecule has 0 saturated carbocycles. The van der Waals surface area contributed by atoms with E-state index in [0.29, 0.717) is 22.9 Å². The van der Waals surface area contributed by atoms with Crippen molar-refractivity contribution in [2.75, 3.05) is 12.3 Å². The number of hydrogen-bond donors (Lipinski definition) is 3. The summed E-state index contributed by atoms with van der Waals surface area (Å²) in [5.41, 5.74) is 5.88. The zero-order chi connectivity index (χ0) is 13.5. The quantitative estimate of drug-likeness (QED) is 0.426. The number of halogens is 1. The summed E-state index contributed by atoms with van der Waals surface area (Å²) in [5.74, 6) is 0.307. The van der Waals surface area contributed by atoms with Crippen LogP contribution in [0.1, 0.15) is 18.9 Å². The van der Waals surface area contributed by atoms with Crippen LogP contribution in [0.4, 0.5) is 0 Å². The van der Waals surface area contributed by atoms with Gasteiger partial charge in [0.2, 0.25) is 5.91 Å². The first-order valence-electron chi connectivity index (χ1n) is 5.58. The van der Waals surface area contributed by atoms with Crippen molar-refractivity contribution in [2.24, 2.45) is 5.73 Å². The van der Waals surface area contributed by atoms with E-state index in [1.807, 2.05) is 6.92 Å². The van der Waals surface area contributed by atoms with Gasteiger partial charge in [0, 0.05) is 17.0 Å². The smallest absolute Gasteiger partial charge is 0.230 e. The van der Waals surface area contributed by atoms with Crippen molar-refractivity contribution in [1.82, 2.24) is 5.32 Å². The lowest BCUT2D eigenvalue weighted by Crippen LogP contribution is -2.25. The minimum atomic E-state index is -0.0581. The van der Waals surface area contributed by atoms with Crippen molar-refractivity contribution in [2.45, 2.75) is 18.2 Å². The molecule has 4 nitrogen and oxygen atoms in total. The number of thioether (sulfide) groups is 1. The average molecular weight is 286 g/mol. The predicted molar refractivity (Wildman–Crippen MR) is 76.5 cm³/mol. The first-order chi connectivity index (χ1) is 8.54. The molecule has 0 bridgehead atoms. The second kappa shape index (κ2) is 7.28. The molecule has 98 valence electrons. The second-order valence-corrected chi connectivity index (χ2v) is 5.15. The summed E-state index contributed by atoms with van der Waals surface area (Å²) in [6.07, 6.45) is 0.926. The van der Waals surface area contributed by atoms with E-state index in [1.165, 1.54) is 11.8 Å². The number of benzene rings is 1. The summed E-state index contributed by atoms with van der Waals surface area (Å²) in [5, 5.41) is 10.5. The van der Waals surface area contributed by atoms with Gasteiger partial charge in [-0.15, -0.1) is 11.8 Å². The molecule has 0 unspecified atom stereocenters. The van der Waals surface area contributed by atoms with Crippen molar-refractivity contribution in [3.05, 3.63) is 28.8 Å². The fourth-order valence-electron chi connectivity index (χ4n) is 1.27. The van der Waals surface area contributed by atoms with Gasteiger partial charge in [0.25, 0.3) is 0 Å². The van der Waals surface area contributed by atoms with Crippen molar-refractivity contribution in [3.63, 3.8) is 0 Å². The van der Waals surface area contributed by atoms with Crippen LogP contribution >= 0.6 is 23.4 Å². The fraction of sp³-hybridized carbons (Fsp3) is 0.333. The molecule has 0 atom stereocenters. The maximum atomic E-state index is 11.4. The van der Waals surface area contributed by atoms with Crippen LogP contribution in [0.3, 0.4) is 0 Å². The molecule has 1 amide bonds. The van der Waals surface area contributed by atoms with Gasteiger partial charge < -0.3 is 11.1 Å². The van der Waals surface area contributed by atoms with Crippen molar-refractivity contribution >= 4 is 35.1 Å². The highest BCUT2D eigenvalue weighted by molar-refractivity contribution is 8.00. The number of amidine groups is 1. The molecular formula is C12H16ClN3OS. The van der Waals surface area contributed by atoms with Gasteiger partial charge in [-0.3, -0.25) is 10.2 Å². The minimum absolute atomic E-state index is 0.00798. The molecule has 6 heteroatoms. The molecule has 1 aromatic carbocycles. The molecule has 1 rings (SSSR count). The van der Waals surface area contributed by atoms with E-state index in [-0.39, 0.29) is 11.7 Å². The molecule has 4 N–H and O–H groups in total. The zero-order valence-corrected chi connectivity index (χ0v) is 11.7. The summed E-state index contributed by atoms with van der Waals surface area (Å²) in [6.45, 7) is 2.71. The van der Waals surface area contributed by atoms with Gasteiger partial charge in [0.1, 0.15) is 5.84 Å². The molecular weight excluding hydrogens is 270 g/mol. The van der Waals surface area contributed by atoms with E-state index in [0.717, 1.165) is 11.3 Å². The number of hydrogen-bond acceptors (Lipinski definition) is 3. The lowest BCUT2D eigenvalue weighted by atomic mass is 10.2.